The van der Waals surface area contributed by atoms with Crippen molar-refractivity contribution in [2.75, 3.05) is 5.32 Å². The predicted octanol–water partition coefficient (Wildman–Crippen LogP) is 1.53. The molecule has 98 valence electrons. The molecule has 0 aliphatic carbocycles. The molecule has 0 radical (unpaired) electrons. The van der Waals surface area contributed by atoms with Crippen molar-refractivity contribution >= 4 is 23.0 Å². The van der Waals surface area contributed by atoms with Crippen molar-refractivity contribution in [1.82, 2.24) is 16.2 Å². The van der Waals surface area contributed by atoms with Gasteiger partial charge in [-0.2, -0.15) is 0 Å². The maximum Gasteiger partial charge on any atom is 0.171 e. The highest BCUT2D eigenvalue weighted by Gasteiger charge is 2.29. The van der Waals surface area contributed by atoms with E-state index in [9.17, 15) is 0 Å². The van der Waals surface area contributed by atoms with Gasteiger partial charge in [0.1, 0.15) is 0 Å². The molecule has 0 amide bonds. The molecular formula is C13H20N4S. The van der Waals surface area contributed by atoms with E-state index in [-0.39, 0.29) is 6.04 Å². The quantitative estimate of drug-likeness (QED) is 0.610. The number of benzene rings is 1. The van der Waals surface area contributed by atoms with Gasteiger partial charge in [0.2, 0.25) is 0 Å². The molecule has 1 aliphatic rings. The standard InChI is InChI=1S/C13H20N4S/c1-8-5-4-6-11(7-8)14-13(18)15-12-9(2)16-17-10(12)3/h4-7,9-10,12,16-17H,1-3H3,(H2,14,15,18). The van der Waals surface area contributed by atoms with E-state index in [0.717, 1.165) is 5.69 Å². The minimum atomic E-state index is 0.287. The highest BCUT2D eigenvalue weighted by Crippen LogP contribution is 2.10. The zero-order valence-electron chi connectivity index (χ0n) is 10.9. The molecule has 1 aliphatic heterocycles. The normalized spacial score (nSPS) is 26.9. The van der Waals surface area contributed by atoms with Crippen LogP contribution in [0.3, 0.4) is 0 Å². The summed E-state index contributed by atoms with van der Waals surface area (Å²) < 4.78 is 0. The number of thiocarbonyl (C=S) groups is 1. The van der Waals surface area contributed by atoms with Gasteiger partial charge in [0.15, 0.2) is 5.11 Å². The lowest BCUT2D eigenvalue weighted by molar-refractivity contribution is 0.519. The summed E-state index contributed by atoms with van der Waals surface area (Å²) in [5.41, 5.74) is 8.63. The van der Waals surface area contributed by atoms with Crippen LogP contribution in [0.15, 0.2) is 24.3 Å². The van der Waals surface area contributed by atoms with Crippen LogP contribution in [0.1, 0.15) is 19.4 Å². The molecule has 0 bridgehead atoms. The first-order valence-corrected chi connectivity index (χ1v) is 6.62. The van der Waals surface area contributed by atoms with E-state index >= 15 is 0 Å². The molecule has 2 unspecified atom stereocenters. The molecule has 4 nitrogen and oxygen atoms in total. The first kappa shape index (κ1) is 13.3. The molecule has 4 N–H and O–H groups in total. The van der Waals surface area contributed by atoms with Crippen molar-refractivity contribution < 1.29 is 0 Å². The van der Waals surface area contributed by atoms with E-state index in [1.165, 1.54) is 5.56 Å². The summed E-state index contributed by atoms with van der Waals surface area (Å²) in [5, 5.41) is 7.22. The van der Waals surface area contributed by atoms with E-state index < -0.39 is 0 Å². The molecule has 1 aromatic carbocycles. The fourth-order valence-corrected chi connectivity index (χ4v) is 2.42. The molecule has 18 heavy (non-hydrogen) atoms. The second-order valence-corrected chi connectivity index (χ2v) is 5.27. The predicted molar refractivity (Wildman–Crippen MR) is 79.5 cm³/mol. The minimum Gasteiger partial charge on any atom is -0.356 e. The number of rotatable bonds is 2. The monoisotopic (exact) mass is 264 g/mol. The zero-order chi connectivity index (χ0) is 13.1. The minimum absolute atomic E-state index is 0.287. The van der Waals surface area contributed by atoms with Crippen LogP contribution in [0, 0.1) is 6.92 Å². The van der Waals surface area contributed by atoms with Gasteiger partial charge in [0, 0.05) is 17.8 Å². The Balaban J connectivity index is 1.93. The van der Waals surface area contributed by atoms with Gasteiger partial charge in [-0.25, -0.2) is 0 Å². The van der Waals surface area contributed by atoms with E-state index in [1.807, 2.05) is 12.1 Å². The van der Waals surface area contributed by atoms with E-state index in [0.29, 0.717) is 17.2 Å². The fraction of sp³-hybridized carbons (Fsp3) is 0.462. The van der Waals surface area contributed by atoms with Crippen LogP contribution in [0.5, 0.6) is 0 Å². The number of hydrazine groups is 1. The van der Waals surface area contributed by atoms with Crippen molar-refractivity contribution in [3.05, 3.63) is 29.8 Å². The molecule has 1 saturated heterocycles. The van der Waals surface area contributed by atoms with Gasteiger partial charge in [-0.3, -0.25) is 10.9 Å². The third-order valence-electron chi connectivity index (χ3n) is 3.19. The lowest BCUT2D eigenvalue weighted by Gasteiger charge is -2.22. The molecular weight excluding hydrogens is 244 g/mol. The highest BCUT2D eigenvalue weighted by atomic mass is 32.1. The van der Waals surface area contributed by atoms with E-state index in [2.05, 4.69) is 54.4 Å². The maximum absolute atomic E-state index is 5.34. The van der Waals surface area contributed by atoms with Gasteiger partial charge in [-0.05, 0) is 50.7 Å². The van der Waals surface area contributed by atoms with Crippen LogP contribution in [-0.2, 0) is 0 Å². The van der Waals surface area contributed by atoms with Crippen molar-refractivity contribution in [3.63, 3.8) is 0 Å². The van der Waals surface area contributed by atoms with Crippen molar-refractivity contribution in [3.8, 4) is 0 Å². The SMILES string of the molecule is Cc1cccc(NC(=S)NC2C(C)NNC2C)c1. The van der Waals surface area contributed by atoms with Crippen LogP contribution < -0.4 is 21.5 Å². The number of hydrogen-bond donors (Lipinski definition) is 4. The van der Waals surface area contributed by atoms with Crippen LogP contribution in [0.4, 0.5) is 5.69 Å². The van der Waals surface area contributed by atoms with Crippen molar-refractivity contribution in [1.29, 1.82) is 0 Å². The third kappa shape index (κ3) is 3.19. The highest BCUT2D eigenvalue weighted by molar-refractivity contribution is 7.80. The first-order chi connectivity index (χ1) is 8.56. The van der Waals surface area contributed by atoms with Gasteiger partial charge in [-0.15, -0.1) is 0 Å². The van der Waals surface area contributed by atoms with Crippen LogP contribution in [0.2, 0.25) is 0 Å². The van der Waals surface area contributed by atoms with Gasteiger partial charge in [0.05, 0.1) is 6.04 Å². The Hall–Kier alpha value is -1.17. The molecule has 2 atom stereocenters. The van der Waals surface area contributed by atoms with Gasteiger partial charge >= 0.3 is 0 Å². The largest absolute Gasteiger partial charge is 0.356 e. The van der Waals surface area contributed by atoms with Crippen LogP contribution >= 0.6 is 12.2 Å². The first-order valence-electron chi connectivity index (χ1n) is 6.21. The van der Waals surface area contributed by atoms with Gasteiger partial charge in [0.25, 0.3) is 0 Å². The molecule has 1 heterocycles. The lowest BCUT2D eigenvalue weighted by atomic mass is 10.1. The summed E-state index contributed by atoms with van der Waals surface area (Å²) in [6, 6.07) is 9.15. The Morgan fingerprint density at radius 3 is 2.50 bits per heavy atom. The Morgan fingerprint density at radius 1 is 1.22 bits per heavy atom. The number of anilines is 1. The second-order valence-electron chi connectivity index (χ2n) is 4.86. The summed E-state index contributed by atoms with van der Waals surface area (Å²) in [5.74, 6) is 0. The second kappa shape index (κ2) is 5.65. The Bertz CT molecular complexity index is 425. The zero-order valence-corrected chi connectivity index (χ0v) is 11.8. The number of aryl methyl sites for hydroxylation is 1. The summed E-state index contributed by atoms with van der Waals surface area (Å²) in [6.07, 6.45) is 0. The van der Waals surface area contributed by atoms with Crippen molar-refractivity contribution in [2.24, 2.45) is 0 Å². The van der Waals surface area contributed by atoms with Crippen LogP contribution in [-0.4, -0.2) is 23.2 Å². The van der Waals surface area contributed by atoms with Gasteiger partial charge < -0.3 is 10.6 Å². The molecule has 1 fully saturated rings. The fourth-order valence-electron chi connectivity index (χ4n) is 2.17. The average molecular weight is 264 g/mol. The third-order valence-corrected chi connectivity index (χ3v) is 3.41. The summed E-state index contributed by atoms with van der Waals surface area (Å²) in [4.78, 5) is 0. The topological polar surface area (TPSA) is 48.1 Å². The molecule has 2 rings (SSSR count). The lowest BCUT2D eigenvalue weighted by Crippen LogP contribution is -2.47. The molecule has 0 spiro atoms. The summed E-state index contributed by atoms with van der Waals surface area (Å²) in [7, 11) is 0. The Labute approximate surface area is 114 Å². The van der Waals surface area contributed by atoms with Crippen molar-refractivity contribution in [2.45, 2.75) is 38.9 Å². The Morgan fingerprint density at radius 2 is 1.89 bits per heavy atom. The van der Waals surface area contributed by atoms with E-state index in [4.69, 9.17) is 12.2 Å². The molecule has 0 aromatic heterocycles. The Kier molecular flexibility index (Phi) is 4.16. The summed E-state index contributed by atoms with van der Waals surface area (Å²) >= 11 is 5.34. The maximum atomic E-state index is 5.34. The molecule has 0 saturated carbocycles. The summed E-state index contributed by atoms with van der Waals surface area (Å²) in [6.45, 7) is 6.32. The molecule has 5 heteroatoms. The number of nitrogens with one attached hydrogen (secondary N) is 4. The smallest absolute Gasteiger partial charge is 0.171 e. The number of hydrogen-bond acceptors (Lipinski definition) is 3. The van der Waals surface area contributed by atoms with E-state index in [1.54, 1.807) is 0 Å². The molecule has 1 aromatic rings. The van der Waals surface area contributed by atoms with Gasteiger partial charge in [-0.1, -0.05) is 12.1 Å². The average Bonchev–Trinajstić information content (AvgIpc) is 2.61. The van der Waals surface area contributed by atoms with Crippen LogP contribution in [0.25, 0.3) is 0 Å².